The molecule has 62 valence electrons. The largest absolute Gasteiger partial charge is 0.392 e. The second-order valence-corrected chi connectivity index (χ2v) is 3.86. The molecular formula is C9H14O2. The van der Waals surface area contributed by atoms with E-state index in [1.54, 1.807) is 0 Å². The number of aliphatic hydroxyl groups excluding tert-OH is 1. The van der Waals surface area contributed by atoms with Crippen molar-refractivity contribution >= 4 is 5.78 Å². The summed E-state index contributed by atoms with van der Waals surface area (Å²) < 4.78 is 0. The van der Waals surface area contributed by atoms with Gasteiger partial charge >= 0.3 is 0 Å². The summed E-state index contributed by atoms with van der Waals surface area (Å²) in [5.41, 5.74) is 0. The summed E-state index contributed by atoms with van der Waals surface area (Å²) in [6.07, 6.45) is 4.40. The first-order valence-corrected chi connectivity index (χ1v) is 4.48. The normalized spacial score (nSPS) is 44.1. The molecule has 0 amide bonds. The van der Waals surface area contributed by atoms with Gasteiger partial charge in [-0.05, 0) is 31.6 Å². The van der Waals surface area contributed by atoms with E-state index >= 15 is 0 Å². The lowest BCUT2D eigenvalue weighted by atomic mass is 9.70. The maximum absolute atomic E-state index is 11.3. The van der Waals surface area contributed by atoms with Crippen molar-refractivity contribution in [3.8, 4) is 0 Å². The zero-order valence-corrected chi connectivity index (χ0v) is 6.62. The second kappa shape index (κ2) is 2.59. The van der Waals surface area contributed by atoms with Crippen LogP contribution in [0.3, 0.4) is 0 Å². The fourth-order valence-electron chi connectivity index (χ4n) is 2.38. The van der Waals surface area contributed by atoms with E-state index in [0.717, 1.165) is 31.6 Å². The number of hydrogen-bond acceptors (Lipinski definition) is 2. The minimum atomic E-state index is -0.320. The van der Waals surface area contributed by atoms with E-state index in [1.165, 1.54) is 0 Å². The molecule has 1 N–H and O–H groups in total. The molecule has 0 aliphatic heterocycles. The quantitative estimate of drug-likeness (QED) is 0.568. The minimum absolute atomic E-state index is 0.00231. The lowest BCUT2D eigenvalue weighted by Gasteiger charge is -2.36. The molecule has 2 saturated carbocycles. The Morgan fingerprint density at radius 2 is 2.09 bits per heavy atom. The summed E-state index contributed by atoms with van der Waals surface area (Å²) in [5.74, 6) is 1.04. The van der Waals surface area contributed by atoms with Crippen LogP contribution in [0.1, 0.15) is 32.1 Å². The van der Waals surface area contributed by atoms with Gasteiger partial charge in [0.2, 0.25) is 0 Å². The number of ketones is 1. The van der Waals surface area contributed by atoms with Crippen molar-refractivity contribution in [1.29, 1.82) is 0 Å². The highest BCUT2D eigenvalue weighted by molar-refractivity contribution is 5.82. The van der Waals surface area contributed by atoms with E-state index in [2.05, 4.69) is 0 Å². The summed E-state index contributed by atoms with van der Waals surface area (Å²) in [4.78, 5) is 11.3. The molecule has 0 spiro atoms. The Morgan fingerprint density at radius 3 is 2.82 bits per heavy atom. The van der Waals surface area contributed by atoms with Gasteiger partial charge in [0.25, 0.3) is 0 Å². The molecule has 0 heterocycles. The van der Waals surface area contributed by atoms with Crippen LogP contribution in [0.4, 0.5) is 0 Å². The van der Waals surface area contributed by atoms with Gasteiger partial charge < -0.3 is 5.11 Å². The molecule has 2 nitrogen and oxygen atoms in total. The SMILES string of the molecule is O=C1CC[C@@H]2CC[C@H](O)[C@@H]1C2. The predicted molar refractivity (Wildman–Crippen MR) is 41.1 cm³/mol. The predicted octanol–water partition coefficient (Wildman–Crippen LogP) is 1.13. The first-order chi connectivity index (χ1) is 5.27. The zero-order valence-electron chi connectivity index (χ0n) is 6.62. The van der Waals surface area contributed by atoms with Gasteiger partial charge in [0.1, 0.15) is 5.78 Å². The van der Waals surface area contributed by atoms with E-state index in [1.807, 2.05) is 0 Å². The average Bonchev–Trinajstić information content (AvgIpc) is 2.02. The van der Waals surface area contributed by atoms with E-state index in [-0.39, 0.29) is 12.0 Å². The zero-order chi connectivity index (χ0) is 7.84. The van der Waals surface area contributed by atoms with Gasteiger partial charge in [0.05, 0.1) is 6.10 Å². The van der Waals surface area contributed by atoms with Crippen LogP contribution in [-0.4, -0.2) is 17.0 Å². The van der Waals surface area contributed by atoms with Gasteiger partial charge in [-0.3, -0.25) is 4.79 Å². The van der Waals surface area contributed by atoms with E-state index in [4.69, 9.17) is 0 Å². The number of aliphatic hydroxyl groups is 1. The first kappa shape index (κ1) is 7.29. The van der Waals surface area contributed by atoms with Crippen molar-refractivity contribution in [1.82, 2.24) is 0 Å². The van der Waals surface area contributed by atoms with Gasteiger partial charge in [-0.1, -0.05) is 0 Å². The first-order valence-electron chi connectivity index (χ1n) is 4.48. The summed E-state index contributed by atoms with van der Waals surface area (Å²) >= 11 is 0. The van der Waals surface area contributed by atoms with Crippen molar-refractivity contribution in [2.24, 2.45) is 11.8 Å². The Balaban J connectivity index is 2.11. The van der Waals surface area contributed by atoms with Crippen molar-refractivity contribution in [2.45, 2.75) is 38.2 Å². The summed E-state index contributed by atoms with van der Waals surface area (Å²) in [6.45, 7) is 0. The molecule has 11 heavy (non-hydrogen) atoms. The highest BCUT2D eigenvalue weighted by Crippen LogP contribution is 2.37. The van der Waals surface area contributed by atoms with Gasteiger partial charge in [-0.15, -0.1) is 0 Å². The number of hydrogen-bond donors (Lipinski definition) is 1. The van der Waals surface area contributed by atoms with Crippen molar-refractivity contribution in [3.05, 3.63) is 0 Å². The molecule has 0 radical (unpaired) electrons. The van der Waals surface area contributed by atoms with Crippen molar-refractivity contribution in [2.75, 3.05) is 0 Å². The Labute approximate surface area is 66.6 Å². The van der Waals surface area contributed by atoms with E-state index < -0.39 is 0 Å². The van der Waals surface area contributed by atoms with Gasteiger partial charge in [0.15, 0.2) is 0 Å². The lowest BCUT2D eigenvalue weighted by Crippen LogP contribution is -2.38. The van der Waals surface area contributed by atoms with E-state index in [9.17, 15) is 9.90 Å². The smallest absolute Gasteiger partial charge is 0.138 e. The molecule has 0 aromatic carbocycles. The molecule has 0 aromatic heterocycles. The molecular weight excluding hydrogens is 140 g/mol. The third kappa shape index (κ3) is 1.20. The highest BCUT2D eigenvalue weighted by atomic mass is 16.3. The van der Waals surface area contributed by atoms with Crippen LogP contribution in [0.25, 0.3) is 0 Å². The molecule has 0 unspecified atom stereocenters. The summed E-state index contributed by atoms with van der Waals surface area (Å²) in [6, 6.07) is 0. The third-order valence-corrected chi connectivity index (χ3v) is 3.13. The Hall–Kier alpha value is -0.370. The maximum Gasteiger partial charge on any atom is 0.138 e. The van der Waals surface area contributed by atoms with E-state index in [0.29, 0.717) is 12.2 Å². The molecule has 0 aromatic rings. The van der Waals surface area contributed by atoms with Crippen LogP contribution < -0.4 is 0 Å². The number of Topliss-reactive ketones (excluding diaryl/α,β-unsaturated/α-hetero) is 1. The number of fused-ring (bicyclic) bond motifs is 2. The molecule has 2 aliphatic carbocycles. The van der Waals surface area contributed by atoms with Crippen LogP contribution >= 0.6 is 0 Å². The van der Waals surface area contributed by atoms with Gasteiger partial charge in [-0.25, -0.2) is 0 Å². The number of carbonyl (C=O) groups excluding carboxylic acids is 1. The summed E-state index contributed by atoms with van der Waals surface area (Å²) in [7, 11) is 0. The number of rotatable bonds is 0. The summed E-state index contributed by atoms with van der Waals surface area (Å²) in [5, 5.41) is 9.47. The highest BCUT2D eigenvalue weighted by Gasteiger charge is 2.37. The fraction of sp³-hybridized carbons (Fsp3) is 0.889. The number of carbonyl (C=O) groups is 1. The van der Waals surface area contributed by atoms with Crippen LogP contribution in [-0.2, 0) is 4.79 Å². The Morgan fingerprint density at radius 1 is 1.27 bits per heavy atom. The Kier molecular flexibility index (Phi) is 1.72. The Bertz CT molecular complexity index is 176. The molecule has 2 aliphatic rings. The fourth-order valence-corrected chi connectivity index (χ4v) is 2.38. The van der Waals surface area contributed by atoms with Crippen LogP contribution in [0.5, 0.6) is 0 Å². The lowest BCUT2D eigenvalue weighted by molar-refractivity contribution is -0.132. The molecule has 2 heteroatoms. The molecule has 3 atom stereocenters. The average molecular weight is 154 g/mol. The second-order valence-electron chi connectivity index (χ2n) is 3.86. The molecule has 0 saturated heterocycles. The van der Waals surface area contributed by atoms with Crippen molar-refractivity contribution in [3.63, 3.8) is 0 Å². The molecule has 2 bridgehead atoms. The van der Waals surface area contributed by atoms with Gasteiger partial charge in [-0.2, -0.15) is 0 Å². The van der Waals surface area contributed by atoms with Crippen LogP contribution in [0.15, 0.2) is 0 Å². The maximum atomic E-state index is 11.3. The molecule has 2 fully saturated rings. The van der Waals surface area contributed by atoms with Crippen molar-refractivity contribution < 1.29 is 9.90 Å². The standard InChI is InChI=1S/C9H14O2/c10-8-3-1-6-2-4-9(11)7(8)5-6/h6-8,10H,1-5H2/t6-,7-,8-/m0/s1. The van der Waals surface area contributed by atoms with Crippen LogP contribution in [0.2, 0.25) is 0 Å². The van der Waals surface area contributed by atoms with Crippen LogP contribution in [0, 0.1) is 11.8 Å². The minimum Gasteiger partial charge on any atom is -0.392 e. The molecule has 2 rings (SSSR count). The monoisotopic (exact) mass is 154 g/mol. The topological polar surface area (TPSA) is 37.3 Å². The third-order valence-electron chi connectivity index (χ3n) is 3.13. The van der Waals surface area contributed by atoms with Gasteiger partial charge in [0, 0.05) is 12.3 Å².